The second-order valence-electron chi connectivity index (χ2n) is 2.01. The van der Waals surface area contributed by atoms with Gasteiger partial charge in [0.2, 0.25) is 0 Å². The van der Waals surface area contributed by atoms with E-state index in [0.29, 0.717) is 0 Å². The van der Waals surface area contributed by atoms with Gasteiger partial charge in [0, 0.05) is 5.75 Å². The summed E-state index contributed by atoms with van der Waals surface area (Å²) >= 11 is 4.04. The van der Waals surface area contributed by atoms with Crippen molar-refractivity contribution in [2.75, 3.05) is 5.75 Å². The molecule has 0 amide bonds. The van der Waals surface area contributed by atoms with Gasteiger partial charge < -0.3 is 4.98 Å². The van der Waals surface area contributed by atoms with E-state index in [0.717, 1.165) is 17.3 Å². The van der Waals surface area contributed by atoms with Crippen molar-refractivity contribution in [3.05, 3.63) is 23.8 Å². The van der Waals surface area contributed by atoms with Crippen molar-refractivity contribution in [1.29, 1.82) is 0 Å². The number of aromatic nitrogens is 2. The van der Waals surface area contributed by atoms with Crippen molar-refractivity contribution in [2.45, 2.75) is 6.92 Å². The van der Waals surface area contributed by atoms with E-state index in [1.165, 1.54) is 0 Å². The maximum Gasteiger partial charge on any atom is 0.103 e. The van der Waals surface area contributed by atoms with E-state index in [4.69, 9.17) is 0 Å². The molecule has 1 rings (SSSR count). The maximum atomic E-state index is 4.04. The van der Waals surface area contributed by atoms with Crippen LogP contribution >= 0.6 is 12.6 Å². The van der Waals surface area contributed by atoms with Gasteiger partial charge in [-0.05, 0) is 13.0 Å². The summed E-state index contributed by atoms with van der Waals surface area (Å²) < 4.78 is 0. The molecule has 1 N–H and O–H groups in total. The number of H-pyrrole nitrogens is 1. The van der Waals surface area contributed by atoms with Gasteiger partial charge in [0.15, 0.2) is 0 Å². The van der Waals surface area contributed by atoms with Gasteiger partial charge in [-0.2, -0.15) is 12.6 Å². The summed E-state index contributed by atoms with van der Waals surface area (Å²) in [6.07, 6.45) is 5.73. The Morgan fingerprint density at radius 3 is 3.10 bits per heavy atom. The molecule has 0 radical (unpaired) electrons. The molecule has 0 atom stereocenters. The first-order valence-electron chi connectivity index (χ1n) is 3.12. The Morgan fingerprint density at radius 1 is 1.80 bits per heavy atom. The fourth-order valence-corrected chi connectivity index (χ4v) is 0.810. The van der Waals surface area contributed by atoms with E-state index in [2.05, 4.69) is 22.6 Å². The Balaban J connectivity index is 2.67. The number of thiol groups is 1. The third-order valence-corrected chi connectivity index (χ3v) is 1.34. The molecule has 10 heavy (non-hydrogen) atoms. The van der Waals surface area contributed by atoms with Crippen LogP contribution in [0.5, 0.6) is 0 Å². The SMILES string of the molecule is Cc1ncc(C=CCS)[nH]1. The first-order chi connectivity index (χ1) is 4.83. The van der Waals surface area contributed by atoms with E-state index >= 15 is 0 Å². The fourth-order valence-electron chi connectivity index (χ4n) is 0.704. The molecule has 1 aromatic heterocycles. The summed E-state index contributed by atoms with van der Waals surface area (Å²) in [5.41, 5.74) is 1.03. The van der Waals surface area contributed by atoms with Crippen LogP contribution in [0.15, 0.2) is 12.3 Å². The molecule has 0 saturated carbocycles. The highest BCUT2D eigenvalue weighted by Gasteiger charge is 1.88. The predicted molar refractivity (Wildman–Crippen MR) is 46.2 cm³/mol. The average Bonchev–Trinajstić information content (AvgIpc) is 2.31. The van der Waals surface area contributed by atoms with Gasteiger partial charge in [-0.1, -0.05) is 6.08 Å². The van der Waals surface area contributed by atoms with Crippen LogP contribution in [-0.2, 0) is 0 Å². The van der Waals surface area contributed by atoms with Crippen LogP contribution < -0.4 is 0 Å². The molecule has 0 saturated heterocycles. The zero-order chi connectivity index (χ0) is 7.40. The van der Waals surface area contributed by atoms with Crippen LogP contribution in [-0.4, -0.2) is 15.7 Å². The van der Waals surface area contributed by atoms with Crippen LogP contribution in [0.25, 0.3) is 6.08 Å². The second kappa shape index (κ2) is 3.46. The topological polar surface area (TPSA) is 28.7 Å². The molecule has 54 valence electrons. The summed E-state index contributed by atoms with van der Waals surface area (Å²) in [5.74, 6) is 1.71. The molecular weight excluding hydrogens is 144 g/mol. The number of nitrogens with zero attached hydrogens (tertiary/aromatic N) is 1. The number of hydrogen-bond acceptors (Lipinski definition) is 2. The summed E-state index contributed by atoms with van der Waals surface area (Å²) in [4.78, 5) is 7.12. The van der Waals surface area contributed by atoms with Gasteiger partial charge in [-0.15, -0.1) is 0 Å². The van der Waals surface area contributed by atoms with E-state index in [9.17, 15) is 0 Å². The molecule has 1 heterocycles. The second-order valence-corrected chi connectivity index (χ2v) is 2.37. The summed E-state index contributed by atoms with van der Waals surface area (Å²) in [5, 5.41) is 0. The number of aryl methyl sites for hydroxylation is 1. The number of nitrogens with one attached hydrogen (secondary N) is 1. The monoisotopic (exact) mass is 154 g/mol. The predicted octanol–water partition coefficient (Wildman–Crippen LogP) is 1.66. The van der Waals surface area contributed by atoms with E-state index in [1.54, 1.807) is 6.20 Å². The lowest BCUT2D eigenvalue weighted by molar-refractivity contribution is 1.15. The minimum atomic E-state index is 0.762. The Hall–Kier alpha value is -0.700. The molecule has 0 aliphatic heterocycles. The van der Waals surface area contributed by atoms with Gasteiger partial charge >= 0.3 is 0 Å². The Bertz CT molecular complexity index is 227. The number of aromatic amines is 1. The smallest absolute Gasteiger partial charge is 0.103 e. The van der Waals surface area contributed by atoms with Crippen molar-refractivity contribution < 1.29 is 0 Å². The molecule has 0 fully saturated rings. The van der Waals surface area contributed by atoms with Crippen LogP contribution in [0.1, 0.15) is 11.5 Å². The first kappa shape index (κ1) is 7.41. The molecule has 1 aromatic rings. The van der Waals surface area contributed by atoms with E-state index in [-0.39, 0.29) is 0 Å². The van der Waals surface area contributed by atoms with Crippen LogP contribution in [0, 0.1) is 6.92 Å². The molecular formula is C7H10N2S. The normalized spacial score (nSPS) is 11.0. The molecule has 3 heteroatoms. The molecule has 0 aliphatic carbocycles. The highest BCUT2D eigenvalue weighted by molar-refractivity contribution is 7.80. The van der Waals surface area contributed by atoms with Crippen molar-refractivity contribution in [3.8, 4) is 0 Å². The van der Waals surface area contributed by atoms with Crippen molar-refractivity contribution in [1.82, 2.24) is 9.97 Å². The van der Waals surface area contributed by atoms with E-state index < -0.39 is 0 Å². The maximum absolute atomic E-state index is 4.04. The highest BCUT2D eigenvalue weighted by atomic mass is 32.1. The Morgan fingerprint density at radius 2 is 2.60 bits per heavy atom. The third kappa shape index (κ3) is 1.92. The lowest BCUT2D eigenvalue weighted by atomic mass is 10.4. The molecule has 0 spiro atoms. The van der Waals surface area contributed by atoms with Gasteiger partial charge in [0.25, 0.3) is 0 Å². The standard InChI is InChI=1S/C7H10N2S/c1-6-8-5-7(9-6)3-2-4-10/h2-3,5,10H,4H2,1H3,(H,8,9). The quantitative estimate of drug-likeness (QED) is 0.623. The van der Waals surface area contributed by atoms with Gasteiger partial charge in [-0.3, -0.25) is 0 Å². The lowest BCUT2D eigenvalue weighted by Crippen LogP contribution is -1.72. The average molecular weight is 154 g/mol. The molecule has 0 aliphatic rings. The minimum Gasteiger partial charge on any atom is -0.343 e. The molecule has 0 aromatic carbocycles. The molecule has 0 bridgehead atoms. The molecule has 0 unspecified atom stereocenters. The van der Waals surface area contributed by atoms with Gasteiger partial charge in [0.1, 0.15) is 5.82 Å². The van der Waals surface area contributed by atoms with Gasteiger partial charge in [0.05, 0.1) is 11.9 Å². The summed E-state index contributed by atoms with van der Waals surface area (Å²) in [7, 11) is 0. The van der Waals surface area contributed by atoms with Crippen molar-refractivity contribution in [2.24, 2.45) is 0 Å². The zero-order valence-corrected chi connectivity index (χ0v) is 6.73. The fraction of sp³-hybridized carbons (Fsp3) is 0.286. The number of hydrogen-bond donors (Lipinski definition) is 2. The largest absolute Gasteiger partial charge is 0.343 e. The van der Waals surface area contributed by atoms with Crippen molar-refractivity contribution >= 4 is 18.7 Å². The molecule has 2 nitrogen and oxygen atoms in total. The van der Waals surface area contributed by atoms with Crippen LogP contribution in [0.4, 0.5) is 0 Å². The summed E-state index contributed by atoms with van der Waals surface area (Å²) in [6.45, 7) is 1.93. The number of rotatable bonds is 2. The van der Waals surface area contributed by atoms with Gasteiger partial charge in [-0.25, -0.2) is 4.98 Å². The third-order valence-electron chi connectivity index (χ3n) is 1.13. The van der Waals surface area contributed by atoms with Crippen LogP contribution in [0.3, 0.4) is 0 Å². The zero-order valence-electron chi connectivity index (χ0n) is 5.83. The van der Waals surface area contributed by atoms with Crippen molar-refractivity contribution in [3.63, 3.8) is 0 Å². The summed E-state index contributed by atoms with van der Waals surface area (Å²) in [6, 6.07) is 0. The number of imidazole rings is 1. The lowest BCUT2D eigenvalue weighted by Gasteiger charge is -1.81. The minimum absolute atomic E-state index is 0.762. The van der Waals surface area contributed by atoms with Crippen LogP contribution in [0.2, 0.25) is 0 Å². The highest BCUT2D eigenvalue weighted by Crippen LogP contribution is 1.97. The Labute approximate surface area is 65.8 Å². The first-order valence-corrected chi connectivity index (χ1v) is 3.75. The van der Waals surface area contributed by atoms with E-state index in [1.807, 2.05) is 19.1 Å². The Kier molecular flexibility index (Phi) is 2.57.